The molecule has 1 aromatic rings. The van der Waals surface area contributed by atoms with Gasteiger partial charge in [0.1, 0.15) is 0 Å². The van der Waals surface area contributed by atoms with Crippen LogP contribution in [0.25, 0.3) is 0 Å². The van der Waals surface area contributed by atoms with Gasteiger partial charge in [-0.3, -0.25) is 4.79 Å². The first-order chi connectivity index (χ1) is 7.89. The minimum absolute atomic E-state index is 0.0103. The Labute approximate surface area is 105 Å². The molecule has 0 fully saturated rings. The topological polar surface area (TPSA) is 29.1 Å². The summed E-state index contributed by atoms with van der Waals surface area (Å²) in [7, 11) is 0. The minimum Gasteiger partial charge on any atom is -0.352 e. The summed E-state index contributed by atoms with van der Waals surface area (Å²) in [5.41, 5.74) is 2.61. The van der Waals surface area contributed by atoms with E-state index >= 15 is 0 Å². The highest BCUT2D eigenvalue weighted by molar-refractivity contribution is 5.72. The third-order valence-corrected chi connectivity index (χ3v) is 2.33. The van der Waals surface area contributed by atoms with Crippen molar-refractivity contribution < 1.29 is 4.79 Å². The van der Waals surface area contributed by atoms with Gasteiger partial charge in [0.05, 0.1) is 0 Å². The Morgan fingerprint density at radius 3 is 2.29 bits per heavy atom. The molecule has 0 saturated heterocycles. The molecule has 0 aliphatic heterocycles. The van der Waals surface area contributed by atoms with Crippen molar-refractivity contribution in [2.45, 2.75) is 53.5 Å². The van der Waals surface area contributed by atoms with Crippen LogP contribution >= 0.6 is 0 Å². The van der Waals surface area contributed by atoms with Gasteiger partial charge < -0.3 is 5.32 Å². The molecule has 0 unspecified atom stereocenters. The normalized spacial score (nSPS) is 10.2. The van der Waals surface area contributed by atoms with E-state index < -0.39 is 0 Å². The van der Waals surface area contributed by atoms with Crippen molar-refractivity contribution in [2.75, 3.05) is 0 Å². The molecule has 17 heavy (non-hydrogen) atoms. The summed E-state index contributed by atoms with van der Waals surface area (Å²) < 4.78 is 0. The maximum absolute atomic E-state index is 10.8. The minimum atomic E-state index is 0.0103. The molecule has 0 aliphatic carbocycles. The van der Waals surface area contributed by atoms with Gasteiger partial charge in [-0.2, -0.15) is 0 Å². The molecule has 0 spiro atoms. The first kappa shape index (κ1) is 15.7. The lowest BCUT2D eigenvalue weighted by Crippen LogP contribution is -2.19. The molecule has 1 N–H and O–H groups in total. The van der Waals surface area contributed by atoms with Gasteiger partial charge in [-0.1, -0.05) is 58.9 Å². The highest BCUT2D eigenvalue weighted by Gasteiger charge is 2.13. The second-order valence-electron chi connectivity index (χ2n) is 4.86. The van der Waals surface area contributed by atoms with E-state index in [1.54, 1.807) is 0 Å². The number of benzene rings is 1. The molecule has 96 valence electrons. The summed E-state index contributed by atoms with van der Waals surface area (Å²) in [6.45, 7) is 12.7. The number of rotatable bonds is 2. The lowest BCUT2D eigenvalue weighted by molar-refractivity contribution is -0.119. The zero-order valence-electron chi connectivity index (χ0n) is 11.9. The molecule has 0 radical (unpaired) electrons. The summed E-state index contributed by atoms with van der Waals surface area (Å²) >= 11 is 0. The van der Waals surface area contributed by atoms with E-state index in [1.165, 1.54) is 12.5 Å². The van der Waals surface area contributed by atoms with Crippen molar-refractivity contribution in [3.05, 3.63) is 35.4 Å². The van der Waals surface area contributed by atoms with E-state index in [9.17, 15) is 4.79 Å². The number of carbonyl (C=O) groups excluding carboxylic acids is 1. The maximum Gasteiger partial charge on any atom is 0.217 e. The molecule has 2 heteroatoms. The SMILES string of the molecule is CC.CC(=O)NCc1cccc(C(C)(C)C)c1. The molecule has 0 aliphatic rings. The Kier molecular flexibility index (Phi) is 6.55. The van der Waals surface area contributed by atoms with Gasteiger partial charge in [0.25, 0.3) is 0 Å². The standard InChI is InChI=1S/C13H19NO.C2H6/c1-10(15)14-9-11-6-5-7-12(8-11)13(2,3)4;1-2/h5-8H,9H2,1-4H3,(H,14,15);1-2H3. The first-order valence-electron chi connectivity index (χ1n) is 6.23. The highest BCUT2D eigenvalue weighted by atomic mass is 16.1. The van der Waals surface area contributed by atoms with Crippen molar-refractivity contribution >= 4 is 5.91 Å². The summed E-state index contributed by atoms with van der Waals surface area (Å²) in [4.78, 5) is 10.8. The number of carbonyl (C=O) groups is 1. The lowest BCUT2D eigenvalue weighted by atomic mass is 9.86. The van der Waals surface area contributed by atoms with Gasteiger partial charge in [0, 0.05) is 13.5 Å². The summed E-state index contributed by atoms with van der Waals surface area (Å²) in [6, 6.07) is 8.34. The van der Waals surface area contributed by atoms with Crippen molar-refractivity contribution in [3.63, 3.8) is 0 Å². The van der Waals surface area contributed by atoms with Crippen LogP contribution in [0, 0.1) is 0 Å². The zero-order valence-corrected chi connectivity index (χ0v) is 11.9. The Morgan fingerprint density at radius 1 is 1.24 bits per heavy atom. The Hall–Kier alpha value is -1.31. The largest absolute Gasteiger partial charge is 0.352 e. The monoisotopic (exact) mass is 235 g/mol. The molecule has 1 amide bonds. The van der Waals surface area contributed by atoms with Crippen molar-refractivity contribution in [1.29, 1.82) is 0 Å². The van der Waals surface area contributed by atoms with Crippen LogP contribution in [0.15, 0.2) is 24.3 Å². The van der Waals surface area contributed by atoms with E-state index in [0.717, 1.165) is 5.56 Å². The van der Waals surface area contributed by atoms with E-state index in [2.05, 4.69) is 38.2 Å². The summed E-state index contributed by atoms with van der Waals surface area (Å²) in [6.07, 6.45) is 0. The highest BCUT2D eigenvalue weighted by Crippen LogP contribution is 2.22. The van der Waals surface area contributed by atoms with Crippen LogP contribution in [0.3, 0.4) is 0 Å². The zero-order chi connectivity index (χ0) is 13.5. The van der Waals surface area contributed by atoms with Gasteiger partial charge in [0.2, 0.25) is 5.91 Å². The predicted molar refractivity (Wildman–Crippen MR) is 74.0 cm³/mol. The molecular formula is C15H25NO. The van der Waals surface area contributed by atoms with Crippen LogP contribution in [0.2, 0.25) is 0 Å². The fourth-order valence-corrected chi connectivity index (χ4v) is 1.37. The van der Waals surface area contributed by atoms with Crippen LogP contribution in [0.4, 0.5) is 0 Å². The van der Waals surface area contributed by atoms with Gasteiger partial charge in [-0.25, -0.2) is 0 Å². The fourth-order valence-electron chi connectivity index (χ4n) is 1.37. The van der Waals surface area contributed by atoms with Crippen LogP contribution < -0.4 is 5.32 Å². The van der Waals surface area contributed by atoms with Crippen molar-refractivity contribution in [1.82, 2.24) is 5.32 Å². The van der Waals surface area contributed by atoms with Crippen molar-refractivity contribution in [2.24, 2.45) is 0 Å². The Balaban J connectivity index is 0.00000121. The van der Waals surface area contributed by atoms with E-state index in [0.29, 0.717) is 6.54 Å². The van der Waals surface area contributed by atoms with Crippen LogP contribution in [-0.2, 0) is 16.8 Å². The van der Waals surface area contributed by atoms with Crippen LogP contribution in [-0.4, -0.2) is 5.91 Å². The average Bonchev–Trinajstić information content (AvgIpc) is 2.28. The summed E-state index contributed by atoms with van der Waals surface area (Å²) in [5.74, 6) is 0.0103. The molecule has 0 bridgehead atoms. The van der Waals surface area contributed by atoms with Crippen LogP contribution in [0.1, 0.15) is 52.7 Å². The van der Waals surface area contributed by atoms with Gasteiger partial charge in [-0.15, -0.1) is 0 Å². The fraction of sp³-hybridized carbons (Fsp3) is 0.533. The lowest BCUT2D eigenvalue weighted by Gasteiger charge is -2.19. The molecule has 0 heterocycles. The number of hydrogen-bond acceptors (Lipinski definition) is 1. The van der Waals surface area contributed by atoms with E-state index in [-0.39, 0.29) is 11.3 Å². The third-order valence-electron chi connectivity index (χ3n) is 2.33. The number of nitrogens with one attached hydrogen (secondary N) is 1. The van der Waals surface area contributed by atoms with Crippen LogP contribution in [0.5, 0.6) is 0 Å². The van der Waals surface area contributed by atoms with E-state index in [1.807, 2.05) is 26.0 Å². The quantitative estimate of drug-likeness (QED) is 0.833. The van der Waals surface area contributed by atoms with E-state index in [4.69, 9.17) is 0 Å². The maximum atomic E-state index is 10.8. The molecule has 1 aromatic carbocycles. The second-order valence-corrected chi connectivity index (χ2v) is 4.86. The average molecular weight is 235 g/mol. The first-order valence-corrected chi connectivity index (χ1v) is 6.23. The third kappa shape index (κ3) is 6.10. The predicted octanol–water partition coefficient (Wildman–Crippen LogP) is 3.65. The molecule has 0 saturated carbocycles. The summed E-state index contributed by atoms with van der Waals surface area (Å²) in [5, 5.41) is 2.80. The molecule has 1 rings (SSSR count). The molecule has 0 aromatic heterocycles. The number of amides is 1. The molecule has 2 nitrogen and oxygen atoms in total. The van der Waals surface area contributed by atoms with Gasteiger partial charge in [-0.05, 0) is 16.5 Å². The number of hydrogen-bond donors (Lipinski definition) is 1. The van der Waals surface area contributed by atoms with Gasteiger partial charge >= 0.3 is 0 Å². The molecular weight excluding hydrogens is 210 g/mol. The smallest absolute Gasteiger partial charge is 0.217 e. The Morgan fingerprint density at radius 2 is 1.82 bits per heavy atom. The molecule has 0 atom stereocenters. The Bertz CT molecular complexity index is 350. The van der Waals surface area contributed by atoms with Crippen molar-refractivity contribution in [3.8, 4) is 0 Å². The second kappa shape index (κ2) is 7.10. The van der Waals surface area contributed by atoms with Gasteiger partial charge in [0.15, 0.2) is 0 Å².